The van der Waals surface area contributed by atoms with Crippen LogP contribution in [-0.2, 0) is 5.41 Å². The molecule has 106 valence electrons. The molecule has 0 bridgehead atoms. The van der Waals surface area contributed by atoms with Crippen LogP contribution in [0.4, 0.5) is 17.3 Å². The number of nitrogens with two attached hydrogens (primary N) is 1. The first kappa shape index (κ1) is 14.3. The summed E-state index contributed by atoms with van der Waals surface area (Å²) in [7, 11) is 0. The minimum atomic E-state index is -0.131. The lowest BCUT2D eigenvalue weighted by molar-refractivity contribution is 0.547. The van der Waals surface area contributed by atoms with E-state index >= 15 is 0 Å². The molecule has 1 aromatic carbocycles. The molecule has 0 saturated heterocycles. The smallest absolute Gasteiger partial charge is 0.138 e. The second-order valence-corrected chi connectivity index (χ2v) is 6.20. The van der Waals surface area contributed by atoms with E-state index < -0.39 is 0 Å². The number of hydrogen-bond acceptors (Lipinski definition) is 4. The number of benzene rings is 1. The number of aromatic nitrogens is 2. The molecule has 4 heteroatoms. The Morgan fingerprint density at radius 1 is 1.05 bits per heavy atom. The summed E-state index contributed by atoms with van der Waals surface area (Å²) in [5.74, 6) is 1.95. The number of nitrogens with one attached hydrogen (secondary N) is 1. The molecule has 0 amide bonds. The number of anilines is 3. The maximum atomic E-state index is 5.88. The van der Waals surface area contributed by atoms with Crippen LogP contribution in [0.5, 0.6) is 0 Å². The molecule has 0 spiro atoms. The highest BCUT2D eigenvalue weighted by Gasteiger charge is 2.18. The summed E-state index contributed by atoms with van der Waals surface area (Å²) in [6.07, 6.45) is 0. The van der Waals surface area contributed by atoms with Crippen LogP contribution >= 0.6 is 0 Å². The van der Waals surface area contributed by atoms with Gasteiger partial charge in [0.05, 0.1) is 0 Å². The van der Waals surface area contributed by atoms with Gasteiger partial charge in [-0.15, -0.1) is 0 Å². The fraction of sp³-hybridized carbons (Fsp3) is 0.375. The topological polar surface area (TPSA) is 63.8 Å². The molecule has 0 radical (unpaired) electrons. The van der Waals surface area contributed by atoms with E-state index in [4.69, 9.17) is 5.73 Å². The Morgan fingerprint density at radius 3 is 2.35 bits per heavy atom. The van der Waals surface area contributed by atoms with Gasteiger partial charge in [0, 0.05) is 17.2 Å². The zero-order valence-corrected chi connectivity index (χ0v) is 12.8. The molecule has 0 saturated carbocycles. The average molecular weight is 270 g/mol. The van der Waals surface area contributed by atoms with Gasteiger partial charge in [-0.25, -0.2) is 9.97 Å². The summed E-state index contributed by atoms with van der Waals surface area (Å²) in [6, 6.07) is 8.02. The highest BCUT2D eigenvalue weighted by Crippen LogP contribution is 2.24. The normalized spacial score (nSPS) is 11.4. The SMILES string of the molecule is Cc1ccc(Nc2cc(N)nc(C(C)(C)C)n2)c(C)c1. The lowest BCUT2D eigenvalue weighted by Gasteiger charge is -2.18. The van der Waals surface area contributed by atoms with Crippen molar-refractivity contribution >= 4 is 17.3 Å². The predicted molar refractivity (Wildman–Crippen MR) is 84.3 cm³/mol. The standard InChI is InChI=1S/C16H22N4/c1-10-6-7-12(11(2)8-10)18-14-9-13(17)19-15(20-14)16(3,4)5/h6-9H,1-5H3,(H3,17,18,19,20). The van der Waals surface area contributed by atoms with Crippen LogP contribution in [0.1, 0.15) is 37.7 Å². The van der Waals surface area contributed by atoms with E-state index in [-0.39, 0.29) is 5.41 Å². The van der Waals surface area contributed by atoms with Gasteiger partial charge < -0.3 is 11.1 Å². The molecule has 3 N–H and O–H groups in total. The fourth-order valence-electron chi connectivity index (χ4n) is 1.96. The van der Waals surface area contributed by atoms with Gasteiger partial charge in [0.1, 0.15) is 17.5 Å². The highest BCUT2D eigenvalue weighted by molar-refractivity contribution is 5.62. The van der Waals surface area contributed by atoms with Gasteiger partial charge in [-0.1, -0.05) is 38.5 Å². The molecule has 1 heterocycles. The van der Waals surface area contributed by atoms with E-state index in [1.54, 1.807) is 6.07 Å². The Balaban J connectivity index is 2.36. The van der Waals surface area contributed by atoms with E-state index in [2.05, 4.69) is 68.1 Å². The van der Waals surface area contributed by atoms with Gasteiger partial charge in [0.15, 0.2) is 0 Å². The Hall–Kier alpha value is -2.10. The first-order valence-electron chi connectivity index (χ1n) is 6.75. The maximum absolute atomic E-state index is 5.88. The molecule has 2 aromatic rings. The van der Waals surface area contributed by atoms with Gasteiger partial charge in [-0.05, 0) is 25.5 Å². The van der Waals surface area contributed by atoms with Gasteiger partial charge >= 0.3 is 0 Å². The molecule has 0 aliphatic rings. The number of hydrogen-bond donors (Lipinski definition) is 2. The second-order valence-electron chi connectivity index (χ2n) is 6.20. The molecule has 4 nitrogen and oxygen atoms in total. The Bertz CT molecular complexity index is 627. The molecule has 0 atom stereocenters. The lowest BCUT2D eigenvalue weighted by Crippen LogP contribution is -2.17. The zero-order chi connectivity index (χ0) is 14.9. The van der Waals surface area contributed by atoms with Gasteiger partial charge in [0.25, 0.3) is 0 Å². The number of aryl methyl sites for hydroxylation is 2. The molecule has 0 fully saturated rings. The van der Waals surface area contributed by atoms with Gasteiger partial charge in [-0.2, -0.15) is 0 Å². The monoisotopic (exact) mass is 270 g/mol. The van der Waals surface area contributed by atoms with Crippen molar-refractivity contribution in [1.29, 1.82) is 0 Å². The first-order chi connectivity index (χ1) is 9.25. The van der Waals surface area contributed by atoms with Gasteiger partial charge in [0.2, 0.25) is 0 Å². The third-order valence-corrected chi connectivity index (χ3v) is 3.06. The Kier molecular flexibility index (Phi) is 3.66. The summed E-state index contributed by atoms with van der Waals surface area (Å²) in [6.45, 7) is 10.4. The van der Waals surface area contributed by atoms with Crippen LogP contribution in [0.3, 0.4) is 0 Å². The van der Waals surface area contributed by atoms with Crippen molar-refractivity contribution in [3.63, 3.8) is 0 Å². The van der Waals surface area contributed by atoms with Crippen molar-refractivity contribution in [1.82, 2.24) is 9.97 Å². The van der Waals surface area contributed by atoms with Crippen molar-refractivity contribution in [3.05, 3.63) is 41.2 Å². The summed E-state index contributed by atoms with van der Waals surface area (Å²) in [4.78, 5) is 8.87. The van der Waals surface area contributed by atoms with Crippen molar-refractivity contribution in [2.24, 2.45) is 0 Å². The molecule has 0 aliphatic carbocycles. The molecular weight excluding hydrogens is 248 g/mol. The molecule has 2 rings (SSSR count). The third-order valence-electron chi connectivity index (χ3n) is 3.06. The zero-order valence-electron chi connectivity index (χ0n) is 12.8. The van der Waals surface area contributed by atoms with Crippen LogP contribution in [-0.4, -0.2) is 9.97 Å². The van der Waals surface area contributed by atoms with Gasteiger partial charge in [-0.3, -0.25) is 0 Å². The van der Waals surface area contributed by atoms with Crippen molar-refractivity contribution in [2.45, 2.75) is 40.0 Å². The number of nitrogens with zero attached hydrogens (tertiary/aromatic N) is 2. The van der Waals surface area contributed by atoms with E-state index in [1.807, 2.05) is 0 Å². The van der Waals surface area contributed by atoms with Crippen LogP contribution in [0.25, 0.3) is 0 Å². The first-order valence-corrected chi connectivity index (χ1v) is 6.75. The lowest BCUT2D eigenvalue weighted by atomic mass is 9.96. The van der Waals surface area contributed by atoms with E-state index in [9.17, 15) is 0 Å². The minimum absolute atomic E-state index is 0.131. The van der Waals surface area contributed by atoms with E-state index in [1.165, 1.54) is 11.1 Å². The maximum Gasteiger partial charge on any atom is 0.138 e. The Labute approximate surface area is 120 Å². The molecule has 0 aliphatic heterocycles. The summed E-state index contributed by atoms with van der Waals surface area (Å²) in [5, 5.41) is 3.32. The quantitative estimate of drug-likeness (QED) is 0.873. The second kappa shape index (κ2) is 5.12. The van der Waals surface area contributed by atoms with Crippen LogP contribution < -0.4 is 11.1 Å². The van der Waals surface area contributed by atoms with Crippen LogP contribution in [0.2, 0.25) is 0 Å². The van der Waals surface area contributed by atoms with Crippen molar-refractivity contribution in [2.75, 3.05) is 11.1 Å². The minimum Gasteiger partial charge on any atom is -0.384 e. The largest absolute Gasteiger partial charge is 0.384 e. The van der Waals surface area contributed by atoms with E-state index in [0.29, 0.717) is 5.82 Å². The Morgan fingerprint density at radius 2 is 1.75 bits per heavy atom. The predicted octanol–water partition coefficient (Wildman–Crippen LogP) is 3.72. The number of rotatable bonds is 2. The summed E-state index contributed by atoms with van der Waals surface area (Å²) >= 11 is 0. The average Bonchev–Trinajstić information content (AvgIpc) is 2.31. The summed E-state index contributed by atoms with van der Waals surface area (Å²) < 4.78 is 0. The molecule has 1 aromatic heterocycles. The molecular formula is C16H22N4. The molecule has 20 heavy (non-hydrogen) atoms. The molecule has 0 unspecified atom stereocenters. The van der Waals surface area contributed by atoms with Crippen molar-refractivity contribution in [3.8, 4) is 0 Å². The summed E-state index contributed by atoms with van der Waals surface area (Å²) in [5.41, 5.74) is 9.21. The highest BCUT2D eigenvalue weighted by atomic mass is 15.1. The van der Waals surface area contributed by atoms with Crippen molar-refractivity contribution < 1.29 is 0 Å². The van der Waals surface area contributed by atoms with Crippen LogP contribution in [0.15, 0.2) is 24.3 Å². The fourth-order valence-corrected chi connectivity index (χ4v) is 1.96. The van der Waals surface area contributed by atoms with Crippen LogP contribution in [0, 0.1) is 13.8 Å². The third kappa shape index (κ3) is 3.26. The number of nitrogen functional groups attached to an aromatic ring is 1. The van der Waals surface area contributed by atoms with E-state index in [0.717, 1.165) is 17.3 Å².